The molecule has 594 valence electrons. The first-order valence-electron chi connectivity index (χ1n) is 37.1. The summed E-state index contributed by atoms with van der Waals surface area (Å²) in [5.41, 5.74) is 19.4. The summed E-state index contributed by atoms with van der Waals surface area (Å²) in [7, 11) is 0. The van der Waals surface area contributed by atoms with E-state index in [1.54, 1.807) is 12.1 Å². The quantitative estimate of drug-likeness (QED) is 0.0191. The zero-order chi connectivity index (χ0) is 76.5. The van der Waals surface area contributed by atoms with Crippen LogP contribution in [0.5, 0.6) is 5.75 Å². The first-order valence-corrected chi connectivity index (χ1v) is 37.1. The molecule has 0 aromatic heterocycles. The molecule has 6 amide bonds. The van der Waals surface area contributed by atoms with E-state index in [1.165, 1.54) is 44.2 Å². The van der Waals surface area contributed by atoms with Crippen molar-refractivity contribution in [2.75, 3.05) is 125 Å². The number of benzene rings is 1. The van der Waals surface area contributed by atoms with E-state index < -0.39 is 47.8 Å². The number of nitrogens with zero attached hydrogens (tertiary/aromatic N) is 1. The highest BCUT2D eigenvalue weighted by Gasteiger charge is 2.24. The Hall–Kier alpha value is -7.30. The summed E-state index contributed by atoms with van der Waals surface area (Å²) in [5.74, 6) is -5.06. The van der Waals surface area contributed by atoms with Gasteiger partial charge in [-0.15, -0.1) is 0 Å². The van der Waals surface area contributed by atoms with Gasteiger partial charge in [0.1, 0.15) is 55.8 Å². The molecule has 15 N–H and O–H groups in total. The molecule has 1 rings (SSSR count). The number of hydrogen-bond donors (Lipinski definition) is 12. The minimum atomic E-state index is -1.18. The number of hydroxylamine groups is 1. The molecule has 4 atom stereocenters. The number of Topliss-reactive ketones (excluding diaryl/α,β-unsaturated/α-hetero) is 3. The predicted molar refractivity (Wildman–Crippen MR) is 387 cm³/mol. The van der Waals surface area contributed by atoms with Crippen LogP contribution in [0.15, 0.2) is 29.3 Å². The molecular weight excluding hydrogens is 1360 g/mol. The van der Waals surface area contributed by atoms with Gasteiger partial charge in [0.25, 0.3) is 5.91 Å². The van der Waals surface area contributed by atoms with Crippen LogP contribution in [0.2, 0.25) is 0 Å². The molecule has 0 aliphatic carbocycles. The second-order valence-electron chi connectivity index (χ2n) is 25.4. The number of ketones is 3. The summed E-state index contributed by atoms with van der Waals surface area (Å²) < 4.78 is 37.7. The van der Waals surface area contributed by atoms with Gasteiger partial charge in [-0.3, -0.25) is 57.8 Å². The van der Waals surface area contributed by atoms with Crippen molar-refractivity contribution in [1.82, 2.24) is 32.1 Å². The van der Waals surface area contributed by atoms with Gasteiger partial charge in [0.05, 0.1) is 66.0 Å². The topological polar surface area (TPSA) is 485 Å². The van der Waals surface area contributed by atoms with Gasteiger partial charge < -0.3 is 92.3 Å². The average Bonchev–Trinajstić information content (AvgIpc) is 0.895. The molecule has 0 aliphatic rings. The van der Waals surface area contributed by atoms with Gasteiger partial charge in [0.2, 0.25) is 29.5 Å². The van der Waals surface area contributed by atoms with E-state index in [2.05, 4.69) is 37.1 Å². The van der Waals surface area contributed by atoms with E-state index in [4.69, 9.17) is 60.3 Å². The number of carbonyl (C=O) groups excluding carboxylic acids is 9. The number of aliphatic imine (C=N–C) groups is 1. The lowest BCUT2D eigenvalue weighted by molar-refractivity contribution is -0.142. The zero-order valence-electron chi connectivity index (χ0n) is 61.5. The Kier molecular flexibility index (Phi) is 59.4. The molecule has 0 bridgehead atoms. The number of carboxylic acid groups (broad SMARTS) is 2. The third-order valence-corrected chi connectivity index (χ3v) is 16.3. The second kappa shape index (κ2) is 65.2. The average molecular weight is 1480 g/mol. The zero-order valence-corrected chi connectivity index (χ0v) is 61.5. The maximum absolute atomic E-state index is 13.3. The maximum atomic E-state index is 13.3. The van der Waals surface area contributed by atoms with Gasteiger partial charge in [0.15, 0.2) is 11.7 Å². The molecule has 0 radical (unpaired) electrons. The lowest BCUT2D eigenvalue weighted by Gasteiger charge is -2.22. The van der Waals surface area contributed by atoms with Crippen molar-refractivity contribution in [2.24, 2.45) is 28.1 Å². The molecule has 0 aliphatic heterocycles. The van der Waals surface area contributed by atoms with E-state index in [9.17, 15) is 63.0 Å². The summed E-state index contributed by atoms with van der Waals surface area (Å²) in [5, 5.41) is 41.8. The van der Waals surface area contributed by atoms with E-state index in [0.29, 0.717) is 83.0 Å². The lowest BCUT2D eigenvalue weighted by atomic mass is 9.94. The number of unbranched alkanes of at least 4 members (excludes halogenated alkanes) is 14. The summed E-state index contributed by atoms with van der Waals surface area (Å²) in [6.07, 6.45) is 20.4. The van der Waals surface area contributed by atoms with Gasteiger partial charge in [-0.05, 0) is 81.9 Å². The highest BCUT2D eigenvalue weighted by Crippen LogP contribution is 2.17. The molecule has 0 saturated heterocycles. The number of ether oxygens (including phenoxy) is 7. The molecule has 1 aromatic carbocycles. The van der Waals surface area contributed by atoms with Crippen LogP contribution in [0, 0.1) is 5.92 Å². The number of aromatic hydroxyl groups is 1. The van der Waals surface area contributed by atoms with Crippen molar-refractivity contribution in [1.29, 1.82) is 0 Å². The summed E-state index contributed by atoms with van der Waals surface area (Å²) >= 11 is 0. The van der Waals surface area contributed by atoms with Crippen LogP contribution >= 0.6 is 0 Å². The van der Waals surface area contributed by atoms with Crippen molar-refractivity contribution >= 4 is 70.7 Å². The third-order valence-electron chi connectivity index (χ3n) is 16.3. The second-order valence-corrected chi connectivity index (χ2v) is 25.4. The summed E-state index contributed by atoms with van der Waals surface area (Å²) in [6.45, 7) is 4.03. The highest BCUT2D eigenvalue weighted by molar-refractivity contribution is 5.88. The number of carboxylic acids is 2. The number of guanidine groups is 1. The maximum Gasteiger partial charge on any atom is 0.326 e. The Balaban J connectivity index is 1.98. The monoisotopic (exact) mass is 1480 g/mol. The van der Waals surface area contributed by atoms with Gasteiger partial charge >= 0.3 is 11.9 Å². The minimum Gasteiger partial charge on any atom is -0.508 e. The minimum absolute atomic E-state index is 0.00519. The predicted octanol–water partition coefficient (Wildman–Crippen LogP) is 3.84. The first kappa shape index (κ1) is 94.7. The summed E-state index contributed by atoms with van der Waals surface area (Å²) in [4.78, 5) is 143. The largest absolute Gasteiger partial charge is 0.508 e. The molecule has 1 aromatic rings. The molecule has 0 fully saturated rings. The van der Waals surface area contributed by atoms with E-state index in [-0.39, 0.29) is 210 Å². The fraction of sp³-hybridized carbons (Fsp3) is 0.750. The Morgan fingerprint density at radius 2 is 0.971 bits per heavy atom. The summed E-state index contributed by atoms with van der Waals surface area (Å²) in [6, 6.07) is 3.68. The number of carbonyl (C=O) groups is 11. The normalized spacial score (nSPS) is 12.3. The van der Waals surface area contributed by atoms with Crippen LogP contribution in [-0.2, 0) is 97.2 Å². The number of rotatable bonds is 74. The number of phenols is 1. The first-order chi connectivity index (χ1) is 50.2. The van der Waals surface area contributed by atoms with Crippen molar-refractivity contribution in [3.05, 3.63) is 29.8 Å². The third kappa shape index (κ3) is 59.0. The highest BCUT2D eigenvalue weighted by atomic mass is 16.7. The van der Waals surface area contributed by atoms with Crippen LogP contribution in [0.3, 0.4) is 0 Å². The number of amides is 6. The van der Waals surface area contributed by atoms with Crippen molar-refractivity contribution in [3.8, 4) is 5.75 Å². The van der Waals surface area contributed by atoms with Crippen LogP contribution < -0.4 is 49.3 Å². The van der Waals surface area contributed by atoms with E-state index >= 15 is 0 Å². The number of hydrogen-bond acceptors (Lipinski definition) is 22. The van der Waals surface area contributed by atoms with Crippen molar-refractivity contribution in [3.63, 3.8) is 0 Å². The van der Waals surface area contributed by atoms with E-state index in [1.807, 2.05) is 6.92 Å². The Labute approximate surface area is 613 Å². The van der Waals surface area contributed by atoms with Gasteiger partial charge in [-0.1, -0.05) is 103 Å². The van der Waals surface area contributed by atoms with E-state index in [0.717, 1.165) is 51.4 Å². The number of phenolic OH excluding ortho intramolecular Hbond substituents is 1. The Bertz CT molecular complexity index is 2570. The number of nitrogens with two attached hydrogens (primary N) is 3. The number of aliphatic carboxylic acids is 2. The standard InChI is InChI=1S/C72H124N10O22/c1-2-56(63(86)50-79-57(23-19-35-78-72(74)75)49-65(88)81-62(70(73)94)48-55-28-30-59(84)31-29-55)22-17-18-34-76-66(89)52-102-45-42-99-39-36-77-67(90)53-101-43-40-98-38-21-25-60(85)51-100-46-47-104-82-68(91)54-103-44-41-97-37-20-24-58(83)32-33-61(71(95)96)80-64(87)26-15-13-11-9-7-5-3-4-6-8-10-12-14-16-27-69(92)93/h28-31,56-57,61-62,79,84H,2-27,32-54H2,1H3,(H2,73,94)(H,76,89)(H,77,90)(H,80,87)(H,81,88)(H,82,91)(H,92,93)(H,95,96)(H4,74,75,78)/t56-,57-,61-,62-/m0/s1. The molecule has 32 nitrogen and oxygen atoms in total. The van der Waals surface area contributed by atoms with Crippen molar-refractivity contribution in [2.45, 2.75) is 218 Å². The van der Waals surface area contributed by atoms with Gasteiger partial charge in [-0.25, -0.2) is 10.3 Å². The SMILES string of the molecule is CC[C@@H](CCCCNC(=O)COCCOCCNC(=O)COCCOCCCC(=O)COCCONC(=O)COCCOCCCC(=O)CC[C@H](NC(=O)CCCCCCCCCCCCCCCCC(=O)O)C(=O)O)C(=O)CN[C@@H](CCCN=C(N)N)CC(=O)N[C@@H](Cc1ccc(O)cc1)C(N)=O. The molecular formula is C72H124N10O22. The molecule has 0 saturated carbocycles. The number of primary amides is 1. The van der Waals surface area contributed by atoms with Crippen LogP contribution in [0.1, 0.15) is 199 Å². The fourth-order valence-corrected chi connectivity index (χ4v) is 10.5. The Morgan fingerprint density at radius 1 is 0.462 bits per heavy atom. The van der Waals surface area contributed by atoms with Gasteiger partial charge in [0, 0.05) is 89.8 Å². The fourth-order valence-electron chi connectivity index (χ4n) is 10.5. The Morgan fingerprint density at radius 3 is 1.53 bits per heavy atom. The molecule has 0 unspecified atom stereocenters. The van der Waals surface area contributed by atoms with Crippen molar-refractivity contribution < 1.29 is 106 Å². The van der Waals surface area contributed by atoms with Gasteiger partial charge in [-0.2, -0.15) is 0 Å². The smallest absolute Gasteiger partial charge is 0.326 e. The van der Waals surface area contributed by atoms with Crippen LogP contribution in [-0.4, -0.2) is 229 Å². The molecule has 0 heterocycles. The lowest BCUT2D eigenvalue weighted by Crippen LogP contribution is -2.48. The van der Waals surface area contributed by atoms with Crippen LogP contribution in [0.25, 0.3) is 0 Å². The molecule has 0 spiro atoms. The van der Waals surface area contributed by atoms with Crippen LogP contribution in [0.4, 0.5) is 0 Å². The number of nitrogens with one attached hydrogen (secondary N) is 6. The molecule has 32 heteroatoms. The molecule has 104 heavy (non-hydrogen) atoms.